The molecule has 0 unspecified atom stereocenters. The van der Waals surface area contributed by atoms with E-state index < -0.39 is 5.97 Å². The van der Waals surface area contributed by atoms with Crippen molar-refractivity contribution in [1.82, 2.24) is 9.78 Å². The van der Waals surface area contributed by atoms with Gasteiger partial charge in [-0.25, -0.2) is 0 Å². The van der Waals surface area contributed by atoms with E-state index in [0.717, 1.165) is 16.6 Å². The number of hydrogen-bond acceptors (Lipinski definition) is 3. The summed E-state index contributed by atoms with van der Waals surface area (Å²) in [7, 11) is 1.59. The zero-order valence-electron chi connectivity index (χ0n) is 9.10. The van der Waals surface area contributed by atoms with Gasteiger partial charge in [-0.2, -0.15) is 5.10 Å². The third kappa shape index (κ3) is 1.60. The number of carboxylic acid groups (broad SMARTS) is 1. The van der Waals surface area contributed by atoms with Gasteiger partial charge in [0, 0.05) is 0 Å². The molecule has 1 heterocycles. The molecule has 0 bridgehead atoms. The van der Waals surface area contributed by atoms with E-state index in [1.54, 1.807) is 7.11 Å². The van der Waals surface area contributed by atoms with E-state index in [1.807, 2.05) is 25.1 Å². The van der Waals surface area contributed by atoms with Crippen LogP contribution in [0.25, 0.3) is 10.9 Å². The summed E-state index contributed by atoms with van der Waals surface area (Å²) >= 11 is 0. The Morgan fingerprint density at radius 1 is 1.56 bits per heavy atom. The van der Waals surface area contributed by atoms with E-state index in [0.29, 0.717) is 5.75 Å². The number of fused-ring (bicyclic) bond motifs is 1. The quantitative estimate of drug-likeness (QED) is 0.850. The first-order valence-corrected chi connectivity index (χ1v) is 4.85. The third-order valence-electron chi connectivity index (χ3n) is 2.42. The standard InChI is InChI=1S/C11H12N2O3/c1-7-11-8(4-3-5-9(11)16-2)13(12-7)6-10(14)15/h3-5H,6H2,1-2H3,(H,14,15). The van der Waals surface area contributed by atoms with Crippen molar-refractivity contribution in [1.29, 1.82) is 0 Å². The Kier molecular flexibility index (Phi) is 2.52. The number of nitrogens with zero attached hydrogens (tertiary/aromatic N) is 2. The molecular weight excluding hydrogens is 208 g/mol. The van der Waals surface area contributed by atoms with Gasteiger partial charge in [0.25, 0.3) is 0 Å². The van der Waals surface area contributed by atoms with Crippen LogP contribution in [0.15, 0.2) is 18.2 Å². The van der Waals surface area contributed by atoms with Crippen molar-refractivity contribution in [3.8, 4) is 5.75 Å². The number of carboxylic acids is 1. The number of ether oxygens (including phenoxy) is 1. The molecule has 0 saturated carbocycles. The number of rotatable bonds is 3. The van der Waals surface area contributed by atoms with E-state index in [4.69, 9.17) is 9.84 Å². The van der Waals surface area contributed by atoms with Crippen molar-refractivity contribution in [3.63, 3.8) is 0 Å². The molecule has 0 fully saturated rings. The molecule has 5 nitrogen and oxygen atoms in total. The molecule has 0 atom stereocenters. The molecule has 16 heavy (non-hydrogen) atoms. The Balaban J connectivity index is 2.66. The van der Waals surface area contributed by atoms with E-state index in [2.05, 4.69) is 5.10 Å². The fraction of sp³-hybridized carbons (Fsp3) is 0.273. The summed E-state index contributed by atoms with van der Waals surface area (Å²) in [4.78, 5) is 10.7. The molecule has 0 amide bonds. The van der Waals surface area contributed by atoms with E-state index in [9.17, 15) is 4.79 Å². The van der Waals surface area contributed by atoms with Gasteiger partial charge < -0.3 is 9.84 Å². The van der Waals surface area contributed by atoms with Gasteiger partial charge in [-0.3, -0.25) is 9.48 Å². The number of benzene rings is 1. The molecule has 0 aliphatic heterocycles. The van der Waals surface area contributed by atoms with Crippen molar-refractivity contribution >= 4 is 16.9 Å². The van der Waals surface area contributed by atoms with Crippen LogP contribution in [0.1, 0.15) is 5.69 Å². The number of aromatic nitrogens is 2. The molecule has 2 rings (SSSR count). The second-order valence-electron chi connectivity index (χ2n) is 3.49. The summed E-state index contributed by atoms with van der Waals surface area (Å²) < 4.78 is 6.69. The van der Waals surface area contributed by atoms with E-state index in [-0.39, 0.29) is 6.54 Å². The Morgan fingerprint density at radius 3 is 2.94 bits per heavy atom. The van der Waals surface area contributed by atoms with E-state index >= 15 is 0 Å². The van der Waals surface area contributed by atoms with Crippen molar-refractivity contribution in [3.05, 3.63) is 23.9 Å². The van der Waals surface area contributed by atoms with Gasteiger partial charge in [-0.1, -0.05) is 6.07 Å². The van der Waals surface area contributed by atoms with Crippen LogP contribution in [0.3, 0.4) is 0 Å². The highest BCUT2D eigenvalue weighted by Crippen LogP contribution is 2.28. The van der Waals surface area contributed by atoms with Gasteiger partial charge in [-0.05, 0) is 19.1 Å². The van der Waals surface area contributed by atoms with Crippen LogP contribution in [0.2, 0.25) is 0 Å². The van der Waals surface area contributed by atoms with Crippen LogP contribution in [-0.4, -0.2) is 28.0 Å². The number of aliphatic carboxylic acids is 1. The summed E-state index contributed by atoms with van der Waals surface area (Å²) in [5.74, 6) is -0.196. The lowest BCUT2D eigenvalue weighted by Gasteiger charge is -2.02. The zero-order valence-corrected chi connectivity index (χ0v) is 9.10. The maximum atomic E-state index is 10.7. The molecule has 0 aliphatic rings. The fourth-order valence-corrected chi connectivity index (χ4v) is 1.80. The summed E-state index contributed by atoms with van der Waals surface area (Å²) in [6.07, 6.45) is 0. The Hall–Kier alpha value is -2.04. The van der Waals surface area contributed by atoms with Crippen LogP contribution in [-0.2, 0) is 11.3 Å². The zero-order chi connectivity index (χ0) is 11.7. The lowest BCUT2D eigenvalue weighted by atomic mass is 10.2. The largest absolute Gasteiger partial charge is 0.496 e. The number of methoxy groups -OCH3 is 1. The maximum Gasteiger partial charge on any atom is 0.325 e. The number of aryl methyl sites for hydroxylation is 1. The second kappa shape index (κ2) is 3.84. The predicted molar refractivity (Wildman–Crippen MR) is 58.7 cm³/mol. The third-order valence-corrected chi connectivity index (χ3v) is 2.42. The minimum absolute atomic E-state index is 0.141. The minimum atomic E-state index is -0.910. The Labute approximate surface area is 92.2 Å². The van der Waals surface area contributed by atoms with Crippen molar-refractivity contribution < 1.29 is 14.6 Å². The van der Waals surface area contributed by atoms with Crippen LogP contribution in [0, 0.1) is 6.92 Å². The molecule has 0 aliphatic carbocycles. The van der Waals surface area contributed by atoms with Crippen molar-refractivity contribution in [2.75, 3.05) is 7.11 Å². The summed E-state index contributed by atoms with van der Waals surface area (Å²) in [5.41, 5.74) is 1.55. The van der Waals surface area contributed by atoms with Gasteiger partial charge in [0.2, 0.25) is 0 Å². The average molecular weight is 220 g/mol. The predicted octanol–water partition coefficient (Wildman–Crippen LogP) is 1.44. The monoisotopic (exact) mass is 220 g/mol. The van der Waals surface area contributed by atoms with Crippen LogP contribution in [0.5, 0.6) is 5.75 Å². The fourth-order valence-electron chi connectivity index (χ4n) is 1.80. The highest BCUT2D eigenvalue weighted by molar-refractivity contribution is 5.88. The molecular formula is C11H12N2O3. The van der Waals surface area contributed by atoms with Crippen LogP contribution < -0.4 is 4.74 Å². The van der Waals surface area contributed by atoms with Gasteiger partial charge >= 0.3 is 5.97 Å². The van der Waals surface area contributed by atoms with Crippen molar-refractivity contribution in [2.24, 2.45) is 0 Å². The molecule has 2 aromatic rings. The molecule has 1 aromatic heterocycles. The molecule has 0 spiro atoms. The molecule has 5 heteroatoms. The first-order valence-electron chi connectivity index (χ1n) is 4.85. The first kappa shape index (κ1) is 10.5. The van der Waals surface area contributed by atoms with E-state index in [1.165, 1.54) is 4.68 Å². The van der Waals surface area contributed by atoms with Gasteiger partial charge in [0.1, 0.15) is 12.3 Å². The van der Waals surface area contributed by atoms with Gasteiger partial charge in [-0.15, -0.1) is 0 Å². The maximum absolute atomic E-state index is 10.7. The first-order chi connectivity index (χ1) is 7.63. The lowest BCUT2D eigenvalue weighted by molar-refractivity contribution is -0.137. The highest BCUT2D eigenvalue weighted by Gasteiger charge is 2.13. The SMILES string of the molecule is COc1cccc2c1c(C)nn2CC(=O)O. The van der Waals surface area contributed by atoms with Gasteiger partial charge in [0.05, 0.1) is 23.7 Å². The molecule has 0 saturated heterocycles. The number of hydrogen-bond donors (Lipinski definition) is 1. The number of carbonyl (C=O) groups is 1. The Morgan fingerprint density at radius 2 is 2.31 bits per heavy atom. The molecule has 1 N–H and O–H groups in total. The van der Waals surface area contributed by atoms with Crippen LogP contribution >= 0.6 is 0 Å². The molecule has 84 valence electrons. The summed E-state index contributed by atoms with van der Waals surface area (Å²) in [5, 5.41) is 13.8. The van der Waals surface area contributed by atoms with Crippen LogP contribution in [0.4, 0.5) is 0 Å². The van der Waals surface area contributed by atoms with Gasteiger partial charge in [0.15, 0.2) is 0 Å². The topological polar surface area (TPSA) is 64.4 Å². The molecule has 1 aromatic carbocycles. The minimum Gasteiger partial charge on any atom is -0.496 e. The lowest BCUT2D eigenvalue weighted by Crippen LogP contribution is -2.09. The normalized spacial score (nSPS) is 10.6. The average Bonchev–Trinajstić information content (AvgIpc) is 2.55. The second-order valence-corrected chi connectivity index (χ2v) is 3.49. The van der Waals surface area contributed by atoms with Crippen molar-refractivity contribution in [2.45, 2.75) is 13.5 Å². The summed E-state index contributed by atoms with van der Waals surface area (Å²) in [6.45, 7) is 1.70. The molecule has 0 radical (unpaired) electrons. The summed E-state index contributed by atoms with van der Waals surface area (Å²) in [6, 6.07) is 5.49. The smallest absolute Gasteiger partial charge is 0.325 e. The highest BCUT2D eigenvalue weighted by atomic mass is 16.5. The Bertz CT molecular complexity index is 545.